The van der Waals surface area contributed by atoms with Gasteiger partial charge in [-0.15, -0.1) is 0 Å². The van der Waals surface area contributed by atoms with Crippen LogP contribution < -0.4 is 4.90 Å². The minimum atomic E-state index is -0.0683. The van der Waals surface area contributed by atoms with E-state index in [0.717, 1.165) is 31.5 Å². The molecule has 0 N–H and O–H groups in total. The van der Waals surface area contributed by atoms with Crippen LogP contribution in [0.1, 0.15) is 27.2 Å². The van der Waals surface area contributed by atoms with Gasteiger partial charge in [-0.1, -0.05) is 51.0 Å². The lowest BCUT2D eigenvalue weighted by Gasteiger charge is -2.20. The molecule has 0 bridgehead atoms. The van der Waals surface area contributed by atoms with Gasteiger partial charge in [0.2, 0.25) is 0 Å². The maximum absolute atomic E-state index is 13.5. The summed E-state index contributed by atoms with van der Waals surface area (Å²) in [4.78, 5) is 24.3. The Hall–Kier alpha value is -2.57. The normalized spacial score (nSPS) is 11.0. The lowest BCUT2D eigenvalue weighted by Crippen LogP contribution is -2.31. The number of carbonyl (C=O) groups is 1. The monoisotopic (exact) mass is 451 g/mol. The Kier molecular flexibility index (Phi) is 5.24. The fourth-order valence-corrected chi connectivity index (χ4v) is 4.60. The highest BCUT2D eigenvalue weighted by Gasteiger charge is 2.23. The quantitative estimate of drug-likeness (QED) is 0.386. The largest absolute Gasteiger partial charge is 0.278 e. The molecule has 0 saturated heterocycles. The van der Waals surface area contributed by atoms with Crippen molar-refractivity contribution >= 4 is 48.5 Å². The first-order chi connectivity index (χ1) is 13.5. The molecule has 0 aliphatic rings. The minimum absolute atomic E-state index is 0.0683. The number of rotatable bonds is 4. The van der Waals surface area contributed by atoms with Crippen LogP contribution in [-0.2, 0) is 6.54 Å². The van der Waals surface area contributed by atoms with Crippen molar-refractivity contribution in [3.05, 3.63) is 87.7 Å². The molecule has 2 aromatic carbocycles. The number of thiazole rings is 1. The third kappa shape index (κ3) is 3.84. The number of benzene rings is 2. The van der Waals surface area contributed by atoms with Gasteiger partial charge in [0, 0.05) is 16.2 Å². The molecule has 1 amide bonds. The summed E-state index contributed by atoms with van der Waals surface area (Å²) >= 11 is 5.01. The van der Waals surface area contributed by atoms with Gasteiger partial charge in [0.1, 0.15) is 0 Å². The van der Waals surface area contributed by atoms with Crippen LogP contribution in [0.15, 0.2) is 65.3 Å². The molecule has 0 unspecified atom stereocenters. The number of hydrogen-bond donors (Lipinski definition) is 0. The van der Waals surface area contributed by atoms with E-state index in [4.69, 9.17) is 4.98 Å². The van der Waals surface area contributed by atoms with Crippen molar-refractivity contribution in [2.45, 2.75) is 20.4 Å². The van der Waals surface area contributed by atoms with Gasteiger partial charge >= 0.3 is 0 Å². The van der Waals surface area contributed by atoms with Gasteiger partial charge in [0.15, 0.2) is 5.13 Å². The van der Waals surface area contributed by atoms with Crippen molar-refractivity contribution in [2.75, 3.05) is 4.90 Å². The SMILES string of the molecule is Cc1ccc(C(=O)N(Cc2ccccn2)c2nc3ccc(Br)cc3s2)c(C)c1. The average molecular weight is 452 g/mol. The van der Waals surface area contributed by atoms with E-state index >= 15 is 0 Å². The highest BCUT2D eigenvalue weighted by Crippen LogP contribution is 2.32. The number of aryl methyl sites for hydroxylation is 2. The molecule has 6 heteroatoms. The molecule has 0 aliphatic carbocycles. The molecule has 0 saturated carbocycles. The molecular formula is C22H18BrN3OS. The first-order valence-corrected chi connectivity index (χ1v) is 10.5. The number of halogens is 1. The summed E-state index contributed by atoms with van der Waals surface area (Å²) in [6.07, 6.45) is 1.74. The molecule has 2 aromatic heterocycles. The predicted octanol–water partition coefficient (Wildman–Crippen LogP) is 5.92. The lowest BCUT2D eigenvalue weighted by molar-refractivity contribution is 0.0984. The minimum Gasteiger partial charge on any atom is -0.278 e. The Labute approximate surface area is 176 Å². The topological polar surface area (TPSA) is 46.1 Å². The molecule has 4 nitrogen and oxygen atoms in total. The van der Waals surface area contributed by atoms with E-state index < -0.39 is 0 Å². The summed E-state index contributed by atoms with van der Waals surface area (Å²) in [5.74, 6) is -0.0683. The zero-order valence-corrected chi connectivity index (χ0v) is 17.9. The molecule has 0 aliphatic heterocycles. The number of carbonyl (C=O) groups excluding carboxylic acids is 1. The van der Waals surface area contributed by atoms with Gasteiger partial charge in [0.05, 0.1) is 22.5 Å². The first-order valence-electron chi connectivity index (χ1n) is 8.86. The van der Waals surface area contributed by atoms with Crippen molar-refractivity contribution in [2.24, 2.45) is 0 Å². The fourth-order valence-electron chi connectivity index (χ4n) is 3.08. The Morgan fingerprint density at radius 1 is 1.11 bits per heavy atom. The lowest BCUT2D eigenvalue weighted by atomic mass is 10.0. The van der Waals surface area contributed by atoms with Crippen LogP contribution >= 0.6 is 27.3 Å². The van der Waals surface area contributed by atoms with Crippen molar-refractivity contribution in [1.82, 2.24) is 9.97 Å². The van der Waals surface area contributed by atoms with E-state index in [1.165, 1.54) is 11.3 Å². The van der Waals surface area contributed by atoms with Gasteiger partial charge in [-0.2, -0.15) is 0 Å². The Morgan fingerprint density at radius 2 is 1.96 bits per heavy atom. The third-order valence-corrected chi connectivity index (χ3v) is 6.01. The molecule has 4 rings (SSSR count). The molecule has 0 atom stereocenters. The molecule has 0 radical (unpaired) electrons. The maximum atomic E-state index is 13.5. The van der Waals surface area contributed by atoms with E-state index in [1.807, 2.05) is 68.4 Å². The van der Waals surface area contributed by atoms with Gasteiger partial charge < -0.3 is 0 Å². The Morgan fingerprint density at radius 3 is 2.71 bits per heavy atom. The highest BCUT2D eigenvalue weighted by atomic mass is 79.9. The number of nitrogens with zero attached hydrogens (tertiary/aromatic N) is 3. The molecule has 140 valence electrons. The Balaban J connectivity index is 1.79. The second kappa shape index (κ2) is 7.81. The van der Waals surface area contributed by atoms with E-state index in [9.17, 15) is 4.79 Å². The van der Waals surface area contributed by atoms with Crippen LogP contribution in [-0.4, -0.2) is 15.9 Å². The van der Waals surface area contributed by atoms with Crippen LogP contribution in [0.5, 0.6) is 0 Å². The fraction of sp³-hybridized carbons (Fsp3) is 0.136. The summed E-state index contributed by atoms with van der Waals surface area (Å²) < 4.78 is 2.02. The smallest absolute Gasteiger partial charge is 0.260 e. The van der Waals surface area contributed by atoms with Crippen LogP contribution in [0.2, 0.25) is 0 Å². The summed E-state index contributed by atoms with van der Waals surface area (Å²) in [7, 11) is 0. The third-order valence-electron chi connectivity index (χ3n) is 4.47. The highest BCUT2D eigenvalue weighted by molar-refractivity contribution is 9.10. The first kappa shape index (κ1) is 18.8. The van der Waals surface area contributed by atoms with Crippen molar-refractivity contribution in [3.63, 3.8) is 0 Å². The number of aromatic nitrogens is 2. The van der Waals surface area contributed by atoms with E-state index in [1.54, 1.807) is 11.1 Å². The molecule has 28 heavy (non-hydrogen) atoms. The van der Waals surface area contributed by atoms with E-state index in [2.05, 4.69) is 20.9 Å². The number of pyridine rings is 1. The number of hydrogen-bond acceptors (Lipinski definition) is 4. The number of amides is 1. The summed E-state index contributed by atoms with van der Waals surface area (Å²) in [5.41, 5.74) is 4.47. The van der Waals surface area contributed by atoms with Gasteiger partial charge in [0.25, 0.3) is 5.91 Å². The summed E-state index contributed by atoms with van der Waals surface area (Å²) in [6.45, 7) is 4.36. The number of fused-ring (bicyclic) bond motifs is 1. The van der Waals surface area contributed by atoms with Gasteiger partial charge in [-0.25, -0.2) is 4.98 Å². The standard InChI is InChI=1S/C22H18BrN3OS/c1-14-6-8-18(15(2)11-14)21(27)26(13-17-5-3-4-10-24-17)22-25-19-9-7-16(23)12-20(19)28-22/h3-12H,13H2,1-2H3. The average Bonchev–Trinajstić information content (AvgIpc) is 3.09. The Bertz CT molecular complexity index is 1160. The summed E-state index contributed by atoms with van der Waals surface area (Å²) in [5, 5.41) is 0.670. The molecular weight excluding hydrogens is 434 g/mol. The van der Waals surface area contributed by atoms with Gasteiger partial charge in [-0.3, -0.25) is 14.7 Å². The molecule has 0 spiro atoms. The zero-order chi connectivity index (χ0) is 19.7. The second-order valence-corrected chi connectivity index (χ2v) is 8.56. The van der Waals surface area contributed by atoms with Crippen molar-refractivity contribution in [1.29, 1.82) is 0 Å². The summed E-state index contributed by atoms with van der Waals surface area (Å²) in [6, 6.07) is 17.6. The van der Waals surface area contributed by atoms with Crippen molar-refractivity contribution in [3.8, 4) is 0 Å². The number of anilines is 1. The molecule has 2 heterocycles. The van der Waals surface area contributed by atoms with Gasteiger partial charge in [-0.05, 0) is 55.8 Å². The predicted molar refractivity (Wildman–Crippen MR) is 118 cm³/mol. The van der Waals surface area contributed by atoms with Crippen LogP contribution in [0.3, 0.4) is 0 Å². The van der Waals surface area contributed by atoms with E-state index in [-0.39, 0.29) is 5.91 Å². The second-order valence-electron chi connectivity index (χ2n) is 6.64. The van der Waals surface area contributed by atoms with Crippen molar-refractivity contribution < 1.29 is 4.79 Å². The van der Waals surface area contributed by atoms with E-state index in [0.29, 0.717) is 17.2 Å². The van der Waals surface area contributed by atoms with Crippen LogP contribution in [0.4, 0.5) is 5.13 Å². The van der Waals surface area contributed by atoms with Crippen LogP contribution in [0, 0.1) is 13.8 Å². The zero-order valence-electron chi connectivity index (χ0n) is 15.5. The molecule has 0 fully saturated rings. The van der Waals surface area contributed by atoms with Crippen LogP contribution in [0.25, 0.3) is 10.2 Å². The maximum Gasteiger partial charge on any atom is 0.260 e. The molecule has 4 aromatic rings.